The van der Waals surface area contributed by atoms with E-state index in [0.29, 0.717) is 0 Å². The van der Waals surface area contributed by atoms with Crippen LogP contribution in [-0.4, -0.2) is 5.33 Å². The van der Waals surface area contributed by atoms with E-state index in [-0.39, 0.29) is 0 Å². The summed E-state index contributed by atoms with van der Waals surface area (Å²) in [6.07, 6.45) is 3.93. The van der Waals surface area contributed by atoms with Gasteiger partial charge in [0, 0.05) is 5.33 Å². The monoisotopic (exact) mass is 224 g/mol. The average Bonchev–Trinajstić information content (AvgIpc) is 2.50. The van der Waals surface area contributed by atoms with Crippen molar-refractivity contribution in [2.75, 3.05) is 5.33 Å². The van der Waals surface area contributed by atoms with Crippen LogP contribution in [0.25, 0.3) is 0 Å². The third kappa shape index (κ3) is 1.42. The summed E-state index contributed by atoms with van der Waals surface area (Å²) < 4.78 is 0. The molecule has 0 N–H and O–H groups in total. The van der Waals surface area contributed by atoms with E-state index in [1.165, 1.54) is 19.3 Å². The van der Waals surface area contributed by atoms with Gasteiger partial charge in [0.25, 0.3) is 0 Å². The van der Waals surface area contributed by atoms with Gasteiger partial charge in [-0.3, -0.25) is 0 Å². The van der Waals surface area contributed by atoms with Crippen molar-refractivity contribution in [2.24, 2.45) is 0 Å². The fourth-order valence-corrected chi connectivity index (χ4v) is 2.63. The summed E-state index contributed by atoms with van der Waals surface area (Å²) in [7, 11) is 0. The summed E-state index contributed by atoms with van der Waals surface area (Å²) in [5.74, 6) is 0.820. The second kappa shape index (κ2) is 3.61. The Hall–Kier alpha value is -0.300. The smallest absolute Gasteiger partial charge is 0.00371 e. The van der Waals surface area contributed by atoms with Crippen LogP contribution in [0.5, 0.6) is 0 Å². The van der Waals surface area contributed by atoms with Crippen LogP contribution in [0.2, 0.25) is 0 Å². The van der Waals surface area contributed by atoms with E-state index >= 15 is 0 Å². The first-order valence-corrected chi connectivity index (χ1v) is 5.67. The maximum absolute atomic E-state index is 3.51. The van der Waals surface area contributed by atoms with Crippen LogP contribution in [-0.2, 0) is 6.42 Å². The van der Waals surface area contributed by atoms with Gasteiger partial charge in [-0.15, -0.1) is 0 Å². The molecular formula is C11H13Br. The molecule has 0 saturated carbocycles. The van der Waals surface area contributed by atoms with Gasteiger partial charge in [-0.05, 0) is 36.3 Å². The molecule has 1 heteroatoms. The van der Waals surface area contributed by atoms with Gasteiger partial charge in [0.1, 0.15) is 0 Å². The van der Waals surface area contributed by atoms with Crippen LogP contribution in [0.4, 0.5) is 0 Å². The lowest BCUT2D eigenvalue weighted by molar-refractivity contribution is 0.663. The first kappa shape index (κ1) is 8.31. The first-order valence-electron chi connectivity index (χ1n) is 4.55. The predicted octanol–water partition coefficient (Wildman–Crippen LogP) is 3.50. The zero-order valence-corrected chi connectivity index (χ0v) is 8.68. The highest BCUT2D eigenvalue weighted by molar-refractivity contribution is 9.09. The Morgan fingerprint density at radius 2 is 2.17 bits per heavy atom. The summed E-state index contributed by atoms with van der Waals surface area (Å²) >= 11 is 3.51. The number of benzene rings is 1. The molecule has 0 amide bonds. The molecule has 0 saturated heterocycles. The molecule has 0 heterocycles. The quantitative estimate of drug-likeness (QED) is 0.675. The molecule has 1 unspecified atom stereocenters. The normalized spacial score (nSPS) is 20.9. The van der Waals surface area contributed by atoms with E-state index in [2.05, 4.69) is 40.2 Å². The van der Waals surface area contributed by atoms with E-state index in [4.69, 9.17) is 0 Å². The summed E-state index contributed by atoms with van der Waals surface area (Å²) in [6.45, 7) is 0. The summed E-state index contributed by atoms with van der Waals surface area (Å²) in [5, 5.41) is 1.13. The number of halogens is 1. The Morgan fingerprint density at radius 1 is 1.33 bits per heavy atom. The van der Waals surface area contributed by atoms with Gasteiger partial charge in [-0.2, -0.15) is 0 Å². The van der Waals surface area contributed by atoms with Crippen LogP contribution in [0.15, 0.2) is 24.3 Å². The summed E-state index contributed by atoms with van der Waals surface area (Å²) in [5.41, 5.74) is 3.17. The molecule has 1 aliphatic carbocycles. The molecular weight excluding hydrogens is 212 g/mol. The fraction of sp³-hybridized carbons (Fsp3) is 0.455. The molecule has 1 aromatic rings. The molecule has 0 bridgehead atoms. The second-order valence-corrected chi connectivity index (χ2v) is 4.21. The molecule has 0 nitrogen and oxygen atoms in total. The lowest BCUT2D eigenvalue weighted by Crippen LogP contribution is -1.93. The molecule has 2 rings (SSSR count). The van der Waals surface area contributed by atoms with Gasteiger partial charge in [-0.25, -0.2) is 0 Å². The van der Waals surface area contributed by atoms with E-state index in [0.717, 1.165) is 11.2 Å². The molecule has 0 spiro atoms. The molecule has 12 heavy (non-hydrogen) atoms. The molecule has 1 aromatic carbocycles. The van der Waals surface area contributed by atoms with Crippen molar-refractivity contribution in [2.45, 2.75) is 25.2 Å². The third-order valence-electron chi connectivity index (χ3n) is 2.71. The average molecular weight is 225 g/mol. The van der Waals surface area contributed by atoms with Crippen LogP contribution >= 0.6 is 15.9 Å². The minimum atomic E-state index is 0.820. The number of fused-ring (bicyclic) bond motifs is 1. The molecule has 0 fully saturated rings. The largest absolute Gasteiger partial charge is 0.0928 e. The van der Waals surface area contributed by atoms with Gasteiger partial charge >= 0.3 is 0 Å². The Balaban J connectivity index is 2.24. The zero-order chi connectivity index (χ0) is 8.39. The second-order valence-electron chi connectivity index (χ2n) is 3.41. The van der Waals surface area contributed by atoms with Crippen molar-refractivity contribution >= 4 is 15.9 Å². The van der Waals surface area contributed by atoms with Crippen molar-refractivity contribution in [1.82, 2.24) is 0 Å². The van der Waals surface area contributed by atoms with Gasteiger partial charge in [0.2, 0.25) is 0 Å². The fourth-order valence-electron chi connectivity index (χ4n) is 2.08. The Labute approximate surface area is 82.1 Å². The Kier molecular flexibility index (Phi) is 2.50. The van der Waals surface area contributed by atoms with Gasteiger partial charge in [0.15, 0.2) is 0 Å². The number of aryl methyl sites for hydroxylation is 1. The van der Waals surface area contributed by atoms with Crippen LogP contribution < -0.4 is 0 Å². The van der Waals surface area contributed by atoms with Crippen molar-refractivity contribution in [3.8, 4) is 0 Å². The number of hydrogen-bond acceptors (Lipinski definition) is 0. The van der Waals surface area contributed by atoms with Crippen molar-refractivity contribution in [1.29, 1.82) is 0 Å². The van der Waals surface area contributed by atoms with Crippen LogP contribution in [0, 0.1) is 0 Å². The highest BCUT2D eigenvalue weighted by Gasteiger charge is 2.20. The molecule has 0 aliphatic heterocycles. The Bertz CT molecular complexity index is 265. The third-order valence-corrected chi connectivity index (χ3v) is 3.17. The zero-order valence-electron chi connectivity index (χ0n) is 7.09. The molecule has 0 aromatic heterocycles. The Morgan fingerprint density at radius 3 is 3.00 bits per heavy atom. The van der Waals surface area contributed by atoms with Crippen molar-refractivity contribution < 1.29 is 0 Å². The van der Waals surface area contributed by atoms with Crippen LogP contribution in [0.3, 0.4) is 0 Å². The molecule has 1 aliphatic rings. The van der Waals surface area contributed by atoms with E-state index < -0.39 is 0 Å². The van der Waals surface area contributed by atoms with E-state index in [1.54, 1.807) is 11.1 Å². The van der Waals surface area contributed by atoms with Gasteiger partial charge in [-0.1, -0.05) is 40.2 Å². The lowest BCUT2D eigenvalue weighted by atomic mass is 9.99. The topological polar surface area (TPSA) is 0 Å². The standard InChI is InChI=1S/C11H13Br/c12-8-7-10-6-5-9-3-1-2-4-11(9)10/h1-4,10H,5-8H2. The molecule has 1 atom stereocenters. The number of rotatable bonds is 2. The molecule has 64 valence electrons. The minimum Gasteiger partial charge on any atom is -0.0928 e. The maximum Gasteiger partial charge on any atom is 0.00371 e. The van der Waals surface area contributed by atoms with Gasteiger partial charge in [0.05, 0.1) is 0 Å². The highest BCUT2D eigenvalue weighted by Crippen LogP contribution is 2.35. The first-order chi connectivity index (χ1) is 5.92. The summed E-state index contributed by atoms with van der Waals surface area (Å²) in [6, 6.07) is 8.86. The van der Waals surface area contributed by atoms with Crippen LogP contribution in [0.1, 0.15) is 29.9 Å². The molecule has 0 radical (unpaired) electrons. The van der Waals surface area contributed by atoms with Crippen molar-refractivity contribution in [3.05, 3.63) is 35.4 Å². The SMILES string of the molecule is BrCCC1CCc2ccccc21. The van der Waals surface area contributed by atoms with E-state index in [1.807, 2.05) is 0 Å². The predicted molar refractivity (Wildman–Crippen MR) is 55.9 cm³/mol. The highest BCUT2D eigenvalue weighted by atomic mass is 79.9. The summed E-state index contributed by atoms with van der Waals surface area (Å²) in [4.78, 5) is 0. The lowest BCUT2D eigenvalue weighted by Gasteiger charge is -2.08. The van der Waals surface area contributed by atoms with Gasteiger partial charge < -0.3 is 0 Å². The number of hydrogen-bond donors (Lipinski definition) is 0. The van der Waals surface area contributed by atoms with E-state index in [9.17, 15) is 0 Å². The number of alkyl halides is 1. The minimum absolute atomic E-state index is 0.820. The van der Waals surface area contributed by atoms with Crippen molar-refractivity contribution in [3.63, 3.8) is 0 Å². The maximum atomic E-state index is 3.51.